The van der Waals surface area contributed by atoms with Crippen LogP contribution in [0.4, 0.5) is 0 Å². The highest BCUT2D eigenvalue weighted by Crippen LogP contribution is 2.47. The first kappa shape index (κ1) is 28.2. The van der Waals surface area contributed by atoms with Gasteiger partial charge in [-0.25, -0.2) is 0 Å². The van der Waals surface area contributed by atoms with E-state index in [1.165, 1.54) is 96.1 Å². The van der Waals surface area contributed by atoms with Gasteiger partial charge in [0.2, 0.25) is 0 Å². The fraction of sp³-hybridized carbons (Fsp3) is 0.562. The molecule has 204 valence electrons. The molecule has 0 fully saturated rings. The molecular formula is C32H44N2S3Si. The molecule has 0 aliphatic carbocycles. The highest BCUT2D eigenvalue weighted by atomic mass is 32.1. The Labute approximate surface area is 243 Å². The first-order valence-electron chi connectivity index (χ1n) is 14.9. The van der Waals surface area contributed by atoms with Gasteiger partial charge < -0.3 is 0 Å². The minimum atomic E-state index is -1.91. The van der Waals surface area contributed by atoms with Gasteiger partial charge in [0.05, 0.1) is 11.7 Å². The van der Waals surface area contributed by atoms with Crippen molar-refractivity contribution in [2.45, 2.75) is 105 Å². The Balaban J connectivity index is 1.67. The summed E-state index contributed by atoms with van der Waals surface area (Å²) >= 11 is 5.46. The summed E-state index contributed by atoms with van der Waals surface area (Å²) in [6.07, 6.45) is 10.8. The Morgan fingerprint density at radius 3 is 2.00 bits per heavy atom. The van der Waals surface area contributed by atoms with E-state index in [9.17, 15) is 0 Å². The molecule has 2 nitrogen and oxygen atoms in total. The van der Waals surface area contributed by atoms with E-state index in [1.807, 2.05) is 11.3 Å². The topological polar surface area (TPSA) is 25.8 Å². The Kier molecular flexibility index (Phi) is 8.93. The van der Waals surface area contributed by atoms with E-state index < -0.39 is 8.07 Å². The van der Waals surface area contributed by atoms with Crippen molar-refractivity contribution in [3.8, 4) is 20.2 Å². The number of nitrogens with zero attached hydrogens (tertiary/aromatic N) is 2. The Hall–Kier alpha value is -1.34. The lowest BCUT2D eigenvalue weighted by atomic mass is 10.0. The van der Waals surface area contributed by atoms with Gasteiger partial charge in [-0.1, -0.05) is 91.2 Å². The minimum absolute atomic E-state index is 0.835. The zero-order valence-corrected chi connectivity index (χ0v) is 27.6. The average molecular weight is 581 g/mol. The smallest absolute Gasteiger partial charge is 0.122 e. The Bertz CT molecular complexity index is 1360. The molecule has 4 aromatic rings. The second kappa shape index (κ2) is 12.0. The van der Waals surface area contributed by atoms with Crippen LogP contribution in [0.2, 0.25) is 12.1 Å². The summed E-state index contributed by atoms with van der Waals surface area (Å²) in [6.45, 7) is 14.1. The van der Waals surface area contributed by atoms with Crippen LogP contribution in [0, 0.1) is 25.7 Å². The summed E-state index contributed by atoms with van der Waals surface area (Å²) in [5.74, 6) is 1.67. The molecule has 0 amide bonds. The number of thiophene rings is 2. The second-order valence-corrected chi connectivity index (χ2v) is 18.6. The van der Waals surface area contributed by atoms with E-state index in [0.29, 0.717) is 0 Å². The van der Waals surface area contributed by atoms with Crippen molar-refractivity contribution in [2.75, 3.05) is 0 Å². The summed E-state index contributed by atoms with van der Waals surface area (Å²) in [5.41, 5.74) is 4.68. The van der Waals surface area contributed by atoms with Gasteiger partial charge in [-0.05, 0) is 65.8 Å². The minimum Gasteiger partial charge on any atom is -0.173 e. The largest absolute Gasteiger partial charge is 0.173 e. The maximum Gasteiger partial charge on any atom is 0.122 e. The van der Waals surface area contributed by atoms with E-state index in [1.54, 1.807) is 20.1 Å². The number of fused-ring (bicyclic) bond motifs is 4. The zero-order valence-electron chi connectivity index (χ0n) is 24.2. The molecule has 1 aliphatic rings. The van der Waals surface area contributed by atoms with Gasteiger partial charge in [0, 0.05) is 25.1 Å². The predicted octanol–water partition coefficient (Wildman–Crippen LogP) is 10.1. The Morgan fingerprint density at radius 1 is 0.763 bits per heavy atom. The zero-order chi connectivity index (χ0) is 26.9. The summed E-state index contributed by atoms with van der Waals surface area (Å²) in [5, 5.41) is 3.56. The molecule has 0 bridgehead atoms. The van der Waals surface area contributed by atoms with Crippen LogP contribution in [0.1, 0.15) is 89.5 Å². The molecule has 3 aromatic heterocycles. The molecule has 5 rings (SSSR count). The summed E-state index contributed by atoms with van der Waals surface area (Å²) in [6, 6.07) is 12.7. The molecule has 1 aliphatic heterocycles. The molecule has 2 atom stereocenters. The third-order valence-electron chi connectivity index (χ3n) is 9.07. The van der Waals surface area contributed by atoms with Gasteiger partial charge in [0.25, 0.3) is 0 Å². The van der Waals surface area contributed by atoms with Crippen molar-refractivity contribution in [2.24, 2.45) is 11.8 Å². The molecule has 0 radical (unpaired) electrons. The lowest BCUT2D eigenvalue weighted by Gasteiger charge is -2.35. The number of hydrogen-bond donors (Lipinski definition) is 0. The van der Waals surface area contributed by atoms with E-state index in [2.05, 4.69) is 81.5 Å². The summed E-state index contributed by atoms with van der Waals surface area (Å²) in [7, 11) is -1.91. The fourth-order valence-electron chi connectivity index (χ4n) is 6.82. The number of benzene rings is 1. The highest BCUT2D eigenvalue weighted by Gasteiger charge is 2.49. The summed E-state index contributed by atoms with van der Waals surface area (Å²) in [4.78, 5) is 6.13. The van der Waals surface area contributed by atoms with Crippen molar-refractivity contribution < 1.29 is 0 Å². The van der Waals surface area contributed by atoms with Crippen LogP contribution in [0.5, 0.6) is 0 Å². The maximum atomic E-state index is 4.77. The molecule has 0 saturated heterocycles. The van der Waals surface area contributed by atoms with E-state index >= 15 is 0 Å². The molecule has 0 saturated carbocycles. The van der Waals surface area contributed by atoms with Crippen LogP contribution in [-0.2, 0) is 0 Å². The summed E-state index contributed by atoms with van der Waals surface area (Å²) < 4.78 is 9.40. The van der Waals surface area contributed by atoms with Crippen molar-refractivity contribution in [1.82, 2.24) is 8.75 Å². The van der Waals surface area contributed by atoms with Crippen LogP contribution in [0.3, 0.4) is 0 Å². The van der Waals surface area contributed by atoms with Crippen molar-refractivity contribution in [1.29, 1.82) is 0 Å². The second-order valence-electron chi connectivity index (χ2n) is 11.7. The van der Waals surface area contributed by atoms with Gasteiger partial charge in [0.1, 0.15) is 19.1 Å². The van der Waals surface area contributed by atoms with Crippen molar-refractivity contribution >= 4 is 63.9 Å². The highest BCUT2D eigenvalue weighted by molar-refractivity contribution is 7.30. The molecule has 0 N–H and O–H groups in total. The van der Waals surface area contributed by atoms with E-state index in [-0.39, 0.29) is 0 Å². The monoisotopic (exact) mass is 580 g/mol. The Morgan fingerprint density at radius 2 is 1.37 bits per heavy atom. The number of aryl methyl sites for hydroxylation is 2. The fourth-order valence-corrected chi connectivity index (χ4v) is 17.8. The van der Waals surface area contributed by atoms with Crippen molar-refractivity contribution in [3.63, 3.8) is 0 Å². The third-order valence-corrected chi connectivity index (χ3v) is 17.7. The van der Waals surface area contributed by atoms with Crippen LogP contribution in [-0.4, -0.2) is 16.8 Å². The van der Waals surface area contributed by atoms with Crippen LogP contribution in [0.25, 0.3) is 31.2 Å². The van der Waals surface area contributed by atoms with Gasteiger partial charge in [-0.15, -0.1) is 22.7 Å². The molecule has 6 heteroatoms. The quantitative estimate of drug-likeness (QED) is 0.147. The molecule has 1 aromatic carbocycles. The third kappa shape index (κ3) is 5.11. The number of aromatic nitrogens is 2. The van der Waals surface area contributed by atoms with Gasteiger partial charge in [-0.2, -0.15) is 8.75 Å². The molecular weight excluding hydrogens is 537 g/mol. The lowest BCUT2D eigenvalue weighted by Crippen LogP contribution is -2.56. The van der Waals surface area contributed by atoms with E-state index in [4.69, 9.17) is 4.37 Å². The normalized spacial score (nSPS) is 18.2. The van der Waals surface area contributed by atoms with Gasteiger partial charge in [-0.3, -0.25) is 0 Å². The molecule has 2 unspecified atom stereocenters. The molecule has 0 spiro atoms. The SMILES string of the molecule is CCCCC(CC)C[Si]1(CC(CC)CCCC)c2cc(C)sc2-c2sc(-c3ccc(C)c4nsnc34)cc21. The molecule has 4 heterocycles. The number of rotatable bonds is 13. The lowest BCUT2D eigenvalue weighted by molar-refractivity contribution is 0.469. The first-order chi connectivity index (χ1) is 18.4. The standard InChI is InChI=1S/C32H44N2S3Si/c1-7-11-13-23(9-3)19-38(20-24(10-4)14-12-8-2)27-17-22(6)35-31(27)32-28(38)18-26(36-32)25-16-15-21(5)29-30(25)34-37-33-29/h15-18,23-24H,7-14,19-20H2,1-6H3. The van der Waals surface area contributed by atoms with Crippen LogP contribution in [0.15, 0.2) is 24.3 Å². The van der Waals surface area contributed by atoms with Gasteiger partial charge in [0.15, 0.2) is 0 Å². The van der Waals surface area contributed by atoms with Crippen LogP contribution >= 0.6 is 34.4 Å². The average Bonchev–Trinajstić information content (AvgIpc) is 3.69. The van der Waals surface area contributed by atoms with Gasteiger partial charge >= 0.3 is 0 Å². The number of hydrogen-bond acceptors (Lipinski definition) is 5. The number of unbranched alkanes of at least 4 members (excludes halogenated alkanes) is 2. The maximum absolute atomic E-state index is 4.77. The van der Waals surface area contributed by atoms with Crippen molar-refractivity contribution in [3.05, 3.63) is 34.7 Å². The first-order valence-corrected chi connectivity index (χ1v) is 19.7. The van der Waals surface area contributed by atoms with E-state index in [0.717, 1.165) is 22.9 Å². The van der Waals surface area contributed by atoms with Crippen LogP contribution < -0.4 is 10.4 Å². The molecule has 38 heavy (non-hydrogen) atoms. The predicted molar refractivity (Wildman–Crippen MR) is 175 cm³/mol.